The number of carbonyl (C=O) groups is 2. The van der Waals surface area contributed by atoms with Gasteiger partial charge in [-0.1, -0.05) is 42.5 Å². The van der Waals surface area contributed by atoms with E-state index in [1.807, 2.05) is 30.3 Å². The highest BCUT2D eigenvalue weighted by Crippen LogP contribution is 2.40. The molecule has 0 saturated carbocycles. The third-order valence-corrected chi connectivity index (χ3v) is 4.94. The second-order valence-corrected chi connectivity index (χ2v) is 6.65. The minimum absolute atomic E-state index is 0.0866. The van der Waals surface area contributed by atoms with E-state index in [-0.39, 0.29) is 16.8 Å². The van der Waals surface area contributed by atoms with Crippen LogP contribution in [-0.2, 0) is 0 Å². The molecule has 1 aliphatic carbocycles. The minimum Gasteiger partial charge on any atom is -0.285 e. The van der Waals surface area contributed by atoms with E-state index in [4.69, 9.17) is 0 Å². The Kier molecular flexibility index (Phi) is 3.74. The molecule has 4 nitrogen and oxygen atoms in total. The number of carbonyl (C=O) groups excluding carboxylic acids is 2. The van der Waals surface area contributed by atoms with Crippen LogP contribution in [0.15, 0.2) is 72.8 Å². The molecule has 0 spiro atoms. The number of Topliss-reactive ketones (excluding diaryl/α,β-unsaturated/α-hetero) is 2. The fourth-order valence-electron chi connectivity index (χ4n) is 3.61. The molecule has 0 N–H and O–H groups in total. The van der Waals surface area contributed by atoms with Gasteiger partial charge in [-0.3, -0.25) is 9.59 Å². The maximum atomic E-state index is 13.9. The Morgan fingerprint density at radius 2 is 1.41 bits per heavy atom. The van der Waals surface area contributed by atoms with Crippen LogP contribution in [-0.4, -0.2) is 21.3 Å². The number of halogens is 2. The second kappa shape index (κ2) is 6.31. The van der Waals surface area contributed by atoms with Crippen LogP contribution in [0.25, 0.3) is 28.2 Å². The van der Waals surface area contributed by atoms with Gasteiger partial charge in [-0.2, -0.15) is 5.10 Å². The number of hydrogen-bond acceptors (Lipinski definition) is 3. The second-order valence-electron chi connectivity index (χ2n) is 6.65. The van der Waals surface area contributed by atoms with E-state index in [1.54, 1.807) is 28.9 Å². The first-order chi connectivity index (χ1) is 14.1. The van der Waals surface area contributed by atoms with Crippen LogP contribution in [0, 0.1) is 11.6 Å². The smallest absolute Gasteiger partial charge is 0.238 e. The zero-order chi connectivity index (χ0) is 20.1. The van der Waals surface area contributed by atoms with Crippen molar-refractivity contribution in [2.45, 2.75) is 0 Å². The number of para-hydroxylation sites is 1. The number of aromatic nitrogens is 2. The molecule has 1 aliphatic rings. The van der Waals surface area contributed by atoms with E-state index in [2.05, 4.69) is 5.10 Å². The maximum Gasteiger partial charge on any atom is 0.238 e. The van der Waals surface area contributed by atoms with E-state index in [0.29, 0.717) is 22.5 Å². The molecular weight excluding hydrogens is 374 g/mol. The lowest BCUT2D eigenvalue weighted by atomic mass is 9.86. The van der Waals surface area contributed by atoms with E-state index in [0.717, 1.165) is 12.1 Å². The van der Waals surface area contributed by atoms with Crippen LogP contribution in [0.5, 0.6) is 0 Å². The molecule has 4 aromatic rings. The van der Waals surface area contributed by atoms with Crippen molar-refractivity contribution in [2.24, 2.45) is 0 Å². The predicted octanol–water partition coefficient (Wildman–Crippen LogP) is 4.86. The minimum atomic E-state index is -1.06. The third kappa shape index (κ3) is 2.53. The molecule has 0 amide bonds. The molecular formula is C23H12F2N2O2. The quantitative estimate of drug-likeness (QED) is 0.462. The summed E-state index contributed by atoms with van der Waals surface area (Å²) in [6.45, 7) is 0. The van der Waals surface area contributed by atoms with E-state index >= 15 is 0 Å². The number of rotatable bonds is 2. The fraction of sp³-hybridized carbons (Fsp3) is 0. The SMILES string of the molecule is O=C1C(=O)c2c(-c3ccc(F)c(F)c3)nn(-c3ccccc3)c2-c2ccccc21. The fourth-order valence-corrected chi connectivity index (χ4v) is 3.61. The molecule has 0 atom stereocenters. The maximum absolute atomic E-state index is 13.9. The Morgan fingerprint density at radius 1 is 0.724 bits per heavy atom. The van der Waals surface area contributed by atoms with Gasteiger partial charge in [0.25, 0.3) is 0 Å². The van der Waals surface area contributed by atoms with Gasteiger partial charge in [0.15, 0.2) is 11.6 Å². The van der Waals surface area contributed by atoms with Crippen molar-refractivity contribution in [3.63, 3.8) is 0 Å². The van der Waals surface area contributed by atoms with Gasteiger partial charge < -0.3 is 0 Å². The van der Waals surface area contributed by atoms with Crippen LogP contribution >= 0.6 is 0 Å². The van der Waals surface area contributed by atoms with Crippen molar-refractivity contribution in [3.05, 3.63) is 95.6 Å². The summed E-state index contributed by atoms with van der Waals surface area (Å²) < 4.78 is 28.9. The van der Waals surface area contributed by atoms with Crippen molar-refractivity contribution >= 4 is 11.6 Å². The molecule has 0 radical (unpaired) electrons. The topological polar surface area (TPSA) is 52.0 Å². The predicted molar refractivity (Wildman–Crippen MR) is 103 cm³/mol. The van der Waals surface area contributed by atoms with Gasteiger partial charge >= 0.3 is 0 Å². The Hall–Kier alpha value is -3.93. The Labute approximate surface area is 164 Å². The summed E-state index contributed by atoms with van der Waals surface area (Å²) in [5.41, 5.74) is 2.43. The molecule has 1 heterocycles. The molecule has 140 valence electrons. The van der Waals surface area contributed by atoms with E-state index in [9.17, 15) is 18.4 Å². The summed E-state index contributed by atoms with van der Waals surface area (Å²) in [6, 6.07) is 19.2. The van der Waals surface area contributed by atoms with Gasteiger partial charge in [0.1, 0.15) is 5.69 Å². The first kappa shape index (κ1) is 17.2. The Balaban J connectivity index is 1.88. The summed E-state index contributed by atoms with van der Waals surface area (Å²) in [6.07, 6.45) is 0. The van der Waals surface area contributed by atoms with Crippen LogP contribution in [0.2, 0.25) is 0 Å². The molecule has 5 rings (SSSR count). The Morgan fingerprint density at radius 3 is 2.14 bits per heavy atom. The number of hydrogen-bond donors (Lipinski definition) is 0. The lowest BCUT2D eigenvalue weighted by Gasteiger charge is -2.17. The number of ketones is 2. The highest BCUT2D eigenvalue weighted by molar-refractivity contribution is 6.53. The Bertz CT molecular complexity index is 1310. The number of nitrogens with zero attached hydrogens (tertiary/aromatic N) is 2. The molecule has 0 bridgehead atoms. The van der Waals surface area contributed by atoms with Crippen LogP contribution in [0.1, 0.15) is 20.7 Å². The van der Waals surface area contributed by atoms with Gasteiger partial charge in [-0.25, -0.2) is 13.5 Å². The third-order valence-electron chi connectivity index (χ3n) is 4.94. The molecule has 29 heavy (non-hydrogen) atoms. The number of fused-ring (bicyclic) bond motifs is 3. The monoisotopic (exact) mass is 386 g/mol. The van der Waals surface area contributed by atoms with Crippen molar-refractivity contribution in [1.82, 2.24) is 9.78 Å². The highest BCUT2D eigenvalue weighted by atomic mass is 19.2. The zero-order valence-corrected chi connectivity index (χ0v) is 14.9. The van der Waals surface area contributed by atoms with Gasteiger partial charge in [0, 0.05) is 16.7 Å². The van der Waals surface area contributed by atoms with Crippen molar-refractivity contribution in [2.75, 3.05) is 0 Å². The molecule has 0 aliphatic heterocycles. The first-order valence-corrected chi connectivity index (χ1v) is 8.88. The summed E-state index contributed by atoms with van der Waals surface area (Å²) in [5, 5.41) is 4.54. The molecule has 1 aromatic heterocycles. The summed E-state index contributed by atoms with van der Waals surface area (Å²) in [5.74, 6) is -3.43. The van der Waals surface area contributed by atoms with Gasteiger partial charge in [-0.05, 0) is 30.3 Å². The normalized spacial score (nSPS) is 12.6. The van der Waals surface area contributed by atoms with E-state index < -0.39 is 23.2 Å². The average molecular weight is 386 g/mol. The molecule has 0 fully saturated rings. The summed E-state index contributed by atoms with van der Waals surface area (Å²) >= 11 is 0. The molecule has 6 heteroatoms. The van der Waals surface area contributed by atoms with Crippen molar-refractivity contribution in [3.8, 4) is 28.2 Å². The van der Waals surface area contributed by atoms with Gasteiger partial charge in [0.2, 0.25) is 11.6 Å². The van der Waals surface area contributed by atoms with Gasteiger partial charge in [-0.15, -0.1) is 0 Å². The summed E-state index contributed by atoms with van der Waals surface area (Å²) in [7, 11) is 0. The zero-order valence-electron chi connectivity index (χ0n) is 14.9. The number of benzene rings is 3. The standard InChI is InChI=1S/C23H12F2N2O2/c24-17-11-10-13(12-18(17)25)20-19-21(27(26-20)14-6-2-1-3-7-14)15-8-4-5-9-16(15)22(28)23(19)29/h1-12H. The lowest BCUT2D eigenvalue weighted by Crippen LogP contribution is -2.21. The molecule has 3 aromatic carbocycles. The van der Waals surface area contributed by atoms with Crippen LogP contribution in [0.3, 0.4) is 0 Å². The molecule has 0 saturated heterocycles. The van der Waals surface area contributed by atoms with E-state index in [1.165, 1.54) is 6.07 Å². The largest absolute Gasteiger partial charge is 0.285 e. The average Bonchev–Trinajstić information content (AvgIpc) is 3.15. The molecule has 0 unspecified atom stereocenters. The lowest BCUT2D eigenvalue weighted by molar-refractivity contribution is 0.0815. The van der Waals surface area contributed by atoms with Crippen LogP contribution in [0.4, 0.5) is 8.78 Å². The highest BCUT2D eigenvalue weighted by Gasteiger charge is 2.37. The first-order valence-electron chi connectivity index (χ1n) is 8.88. The van der Waals surface area contributed by atoms with Gasteiger partial charge in [0.05, 0.1) is 16.9 Å². The van der Waals surface area contributed by atoms with Crippen molar-refractivity contribution in [1.29, 1.82) is 0 Å². The van der Waals surface area contributed by atoms with Crippen LogP contribution < -0.4 is 0 Å². The summed E-state index contributed by atoms with van der Waals surface area (Å²) in [4.78, 5) is 25.7. The van der Waals surface area contributed by atoms with Crippen molar-refractivity contribution < 1.29 is 18.4 Å².